The third-order valence-corrected chi connectivity index (χ3v) is 3.96. The van der Waals surface area contributed by atoms with Gasteiger partial charge < -0.3 is 5.32 Å². The average Bonchev–Trinajstić information content (AvgIpc) is 2.71. The van der Waals surface area contributed by atoms with Gasteiger partial charge in [-0.2, -0.15) is 5.10 Å². The minimum Gasteiger partial charge on any atom is -0.378 e. The van der Waals surface area contributed by atoms with Gasteiger partial charge in [-0.15, -0.1) is 0 Å². The highest BCUT2D eigenvalue weighted by Gasteiger charge is 2.05. The summed E-state index contributed by atoms with van der Waals surface area (Å²) in [5.74, 6) is 0. The normalized spacial score (nSPS) is 10.7. The second-order valence-electron chi connectivity index (χ2n) is 4.08. The Balaban J connectivity index is 2.11. The van der Waals surface area contributed by atoms with Crippen LogP contribution in [0.15, 0.2) is 33.2 Å². The molecule has 96 valence electrons. The fraction of sp³-hybridized carbons (Fsp3) is 0.308. The largest absolute Gasteiger partial charge is 0.378 e. The number of halogens is 2. The molecule has 0 atom stereocenters. The minimum absolute atomic E-state index is 0.762. The van der Waals surface area contributed by atoms with Crippen LogP contribution in [0.5, 0.6) is 0 Å². The summed E-state index contributed by atoms with van der Waals surface area (Å²) in [7, 11) is 1.98. The van der Waals surface area contributed by atoms with Gasteiger partial charge in [0.25, 0.3) is 0 Å². The number of nitrogens with one attached hydrogen (secondary N) is 1. The molecule has 1 aromatic heterocycles. The van der Waals surface area contributed by atoms with Gasteiger partial charge in [-0.05, 0) is 46.6 Å². The summed E-state index contributed by atoms with van der Waals surface area (Å²) in [5, 5.41) is 7.85. The molecule has 5 heteroatoms. The Labute approximate surface area is 124 Å². The zero-order chi connectivity index (χ0) is 13.1. The number of hydrogen-bond acceptors (Lipinski definition) is 2. The van der Waals surface area contributed by atoms with Gasteiger partial charge in [0.15, 0.2) is 0 Å². The Hall–Kier alpha value is -0.810. The van der Waals surface area contributed by atoms with Crippen molar-refractivity contribution in [3.63, 3.8) is 0 Å². The molecule has 1 aromatic carbocycles. The van der Waals surface area contributed by atoms with Crippen molar-refractivity contribution in [2.24, 2.45) is 7.05 Å². The molecule has 0 aliphatic heterocycles. The second-order valence-corrected chi connectivity index (χ2v) is 5.85. The molecular formula is C13H15Br2N3. The lowest BCUT2D eigenvalue weighted by Gasteiger charge is -2.09. The smallest absolute Gasteiger partial charge is 0.0625 e. The first kappa shape index (κ1) is 13.6. The molecule has 0 aliphatic rings. The molecule has 18 heavy (non-hydrogen) atoms. The van der Waals surface area contributed by atoms with E-state index in [2.05, 4.69) is 61.3 Å². The van der Waals surface area contributed by atoms with Crippen molar-refractivity contribution in [3.8, 4) is 0 Å². The molecule has 0 amide bonds. The third kappa shape index (κ3) is 3.14. The first-order valence-electron chi connectivity index (χ1n) is 5.81. The van der Waals surface area contributed by atoms with Crippen molar-refractivity contribution in [3.05, 3.63) is 44.6 Å². The molecule has 0 fully saturated rings. The number of benzene rings is 1. The van der Waals surface area contributed by atoms with E-state index in [9.17, 15) is 0 Å². The van der Waals surface area contributed by atoms with E-state index >= 15 is 0 Å². The maximum absolute atomic E-state index is 4.44. The molecule has 2 aromatic rings. The lowest BCUT2D eigenvalue weighted by molar-refractivity contribution is 0.707. The highest BCUT2D eigenvalue weighted by atomic mass is 79.9. The van der Waals surface area contributed by atoms with Crippen LogP contribution in [0.4, 0.5) is 5.69 Å². The molecule has 3 nitrogen and oxygen atoms in total. The Morgan fingerprint density at radius 1 is 1.28 bits per heavy atom. The lowest BCUT2D eigenvalue weighted by Crippen LogP contribution is -2.05. The average molecular weight is 373 g/mol. The molecule has 1 N–H and O–H groups in total. The van der Waals surface area contributed by atoms with Crippen LogP contribution in [0.3, 0.4) is 0 Å². The first-order chi connectivity index (χ1) is 8.60. The van der Waals surface area contributed by atoms with Crippen LogP contribution in [0.25, 0.3) is 0 Å². The van der Waals surface area contributed by atoms with Crippen LogP contribution in [0.1, 0.15) is 18.3 Å². The molecule has 0 unspecified atom stereocenters. The van der Waals surface area contributed by atoms with Gasteiger partial charge in [-0.3, -0.25) is 4.68 Å². The molecule has 0 aliphatic carbocycles. The van der Waals surface area contributed by atoms with Gasteiger partial charge >= 0.3 is 0 Å². The van der Waals surface area contributed by atoms with Gasteiger partial charge in [0.05, 0.1) is 17.9 Å². The van der Waals surface area contributed by atoms with Crippen molar-refractivity contribution in [2.75, 3.05) is 5.32 Å². The van der Waals surface area contributed by atoms with E-state index in [1.165, 1.54) is 5.69 Å². The van der Waals surface area contributed by atoms with E-state index < -0.39 is 0 Å². The Morgan fingerprint density at radius 3 is 2.72 bits per heavy atom. The number of aromatic nitrogens is 2. The standard InChI is InChI=1S/C13H15Br2N3/c1-3-10-7-11(18(2)17-10)8-16-13-6-9(14)4-5-12(13)15/h4-7,16H,3,8H2,1-2H3. The molecule has 2 rings (SSSR count). The van der Waals surface area contributed by atoms with Crippen LogP contribution in [0.2, 0.25) is 0 Å². The maximum Gasteiger partial charge on any atom is 0.0625 e. The van der Waals surface area contributed by atoms with Crippen LogP contribution in [-0.2, 0) is 20.0 Å². The number of rotatable bonds is 4. The van der Waals surface area contributed by atoms with E-state index in [1.54, 1.807) is 0 Å². The monoisotopic (exact) mass is 371 g/mol. The number of hydrogen-bond donors (Lipinski definition) is 1. The quantitative estimate of drug-likeness (QED) is 0.874. The van der Waals surface area contributed by atoms with Gasteiger partial charge in [-0.1, -0.05) is 22.9 Å². The first-order valence-corrected chi connectivity index (χ1v) is 7.39. The molecule has 0 spiro atoms. The van der Waals surface area contributed by atoms with Crippen LogP contribution >= 0.6 is 31.9 Å². The summed E-state index contributed by atoms with van der Waals surface area (Å²) < 4.78 is 4.05. The maximum atomic E-state index is 4.44. The molecule has 0 saturated heterocycles. The SMILES string of the molecule is CCc1cc(CNc2cc(Br)ccc2Br)n(C)n1. The van der Waals surface area contributed by atoms with E-state index in [1.807, 2.05) is 23.9 Å². The number of aryl methyl sites for hydroxylation is 2. The number of nitrogens with zero attached hydrogens (tertiary/aromatic N) is 2. The molecule has 0 radical (unpaired) electrons. The van der Waals surface area contributed by atoms with E-state index in [0.717, 1.165) is 33.3 Å². The Morgan fingerprint density at radius 2 is 2.06 bits per heavy atom. The summed E-state index contributed by atoms with van der Waals surface area (Å²) in [6, 6.07) is 8.22. The van der Waals surface area contributed by atoms with Crippen molar-refractivity contribution < 1.29 is 0 Å². The Bertz CT molecular complexity index is 549. The predicted octanol–water partition coefficient (Wildman–Crippen LogP) is 4.12. The minimum atomic E-state index is 0.762. The van der Waals surface area contributed by atoms with Crippen molar-refractivity contribution in [1.82, 2.24) is 9.78 Å². The van der Waals surface area contributed by atoms with Crippen LogP contribution in [-0.4, -0.2) is 9.78 Å². The number of anilines is 1. The van der Waals surface area contributed by atoms with Gasteiger partial charge in [0, 0.05) is 21.7 Å². The summed E-state index contributed by atoms with van der Waals surface area (Å²) >= 11 is 7.01. The molecule has 0 saturated carbocycles. The van der Waals surface area contributed by atoms with Crippen LogP contribution in [0, 0.1) is 0 Å². The van der Waals surface area contributed by atoms with Gasteiger partial charge in [0.1, 0.15) is 0 Å². The van der Waals surface area contributed by atoms with Gasteiger partial charge in [0.2, 0.25) is 0 Å². The topological polar surface area (TPSA) is 29.9 Å². The zero-order valence-corrected chi connectivity index (χ0v) is 13.5. The van der Waals surface area contributed by atoms with Gasteiger partial charge in [-0.25, -0.2) is 0 Å². The zero-order valence-electron chi connectivity index (χ0n) is 10.4. The third-order valence-electron chi connectivity index (χ3n) is 2.78. The highest BCUT2D eigenvalue weighted by molar-refractivity contribution is 9.11. The summed E-state index contributed by atoms with van der Waals surface area (Å²) in [6.07, 6.45) is 0.967. The molecule has 0 bridgehead atoms. The molecular weight excluding hydrogens is 358 g/mol. The lowest BCUT2D eigenvalue weighted by atomic mass is 10.3. The van der Waals surface area contributed by atoms with Crippen LogP contribution < -0.4 is 5.32 Å². The predicted molar refractivity (Wildman–Crippen MR) is 81.8 cm³/mol. The fourth-order valence-corrected chi connectivity index (χ4v) is 2.48. The summed E-state index contributed by atoms with van der Waals surface area (Å²) in [5.41, 5.74) is 3.38. The van der Waals surface area contributed by atoms with Crippen molar-refractivity contribution in [1.29, 1.82) is 0 Å². The van der Waals surface area contributed by atoms with Crippen molar-refractivity contribution >= 4 is 37.5 Å². The van der Waals surface area contributed by atoms with E-state index in [-0.39, 0.29) is 0 Å². The molecule has 1 heterocycles. The van der Waals surface area contributed by atoms with E-state index in [4.69, 9.17) is 0 Å². The van der Waals surface area contributed by atoms with E-state index in [0.29, 0.717) is 0 Å². The Kier molecular flexibility index (Phi) is 4.45. The van der Waals surface area contributed by atoms with Crippen molar-refractivity contribution in [2.45, 2.75) is 19.9 Å². The fourth-order valence-electron chi connectivity index (χ4n) is 1.73. The summed E-state index contributed by atoms with van der Waals surface area (Å²) in [6.45, 7) is 2.88. The highest BCUT2D eigenvalue weighted by Crippen LogP contribution is 2.26. The second kappa shape index (κ2) is 5.89. The summed E-state index contributed by atoms with van der Waals surface area (Å²) in [4.78, 5) is 0.